The monoisotopic (exact) mass is 346 g/mol. The maximum atomic E-state index is 11.9. The molecule has 0 aliphatic carbocycles. The highest BCUT2D eigenvalue weighted by Crippen LogP contribution is 2.29. The smallest absolute Gasteiger partial charge is 0.308 e. The molecular weight excluding hydrogens is 331 g/mol. The molecule has 120 valence electrons. The van der Waals surface area contributed by atoms with Gasteiger partial charge in [0.05, 0.1) is 22.2 Å². The topological polar surface area (TPSA) is 84.5 Å². The highest BCUT2D eigenvalue weighted by Gasteiger charge is 2.19. The van der Waals surface area contributed by atoms with Crippen molar-refractivity contribution in [1.29, 1.82) is 0 Å². The van der Waals surface area contributed by atoms with Gasteiger partial charge < -0.3 is 15.4 Å². The van der Waals surface area contributed by atoms with E-state index >= 15 is 0 Å². The predicted molar refractivity (Wildman–Crippen MR) is 83.9 cm³/mol. The predicted octanol–water partition coefficient (Wildman–Crippen LogP) is 2.39. The summed E-state index contributed by atoms with van der Waals surface area (Å²) in [6.45, 7) is 2.93. The molecule has 6 nitrogen and oxygen atoms in total. The van der Waals surface area contributed by atoms with Crippen LogP contribution in [0.15, 0.2) is 18.2 Å². The summed E-state index contributed by atoms with van der Waals surface area (Å²) in [6, 6.07) is 4.80. The van der Waals surface area contributed by atoms with Gasteiger partial charge in [0.15, 0.2) is 6.10 Å². The number of anilines is 1. The van der Waals surface area contributed by atoms with Crippen molar-refractivity contribution in [2.45, 2.75) is 26.4 Å². The molecule has 0 spiro atoms. The summed E-state index contributed by atoms with van der Waals surface area (Å²) < 4.78 is 4.96. The number of benzene rings is 1. The van der Waals surface area contributed by atoms with Crippen molar-refractivity contribution in [3.63, 3.8) is 0 Å². The fourth-order valence-corrected chi connectivity index (χ4v) is 1.83. The van der Waals surface area contributed by atoms with Gasteiger partial charge in [-0.25, -0.2) is 0 Å². The van der Waals surface area contributed by atoms with Gasteiger partial charge in [-0.15, -0.1) is 0 Å². The van der Waals surface area contributed by atoms with Crippen molar-refractivity contribution < 1.29 is 19.1 Å². The fourth-order valence-electron chi connectivity index (χ4n) is 1.48. The van der Waals surface area contributed by atoms with E-state index in [0.717, 1.165) is 0 Å². The van der Waals surface area contributed by atoms with Gasteiger partial charge in [0, 0.05) is 13.5 Å². The molecule has 1 aromatic carbocycles. The minimum absolute atomic E-state index is 0.0187. The molecule has 0 heterocycles. The van der Waals surface area contributed by atoms with Crippen LogP contribution in [0, 0.1) is 0 Å². The lowest BCUT2D eigenvalue weighted by molar-refractivity contribution is -0.153. The number of ether oxygens (including phenoxy) is 1. The lowest BCUT2D eigenvalue weighted by atomic mass is 10.3. The van der Waals surface area contributed by atoms with Crippen molar-refractivity contribution in [2.24, 2.45) is 0 Å². The van der Waals surface area contributed by atoms with Crippen LogP contribution in [0.5, 0.6) is 0 Å². The van der Waals surface area contributed by atoms with Gasteiger partial charge >= 0.3 is 5.97 Å². The van der Waals surface area contributed by atoms with Crippen molar-refractivity contribution >= 4 is 46.7 Å². The molecule has 0 aliphatic rings. The molecule has 1 unspecified atom stereocenters. The molecule has 0 aliphatic heterocycles. The molecule has 1 atom stereocenters. The Kier molecular flexibility index (Phi) is 7.14. The molecule has 22 heavy (non-hydrogen) atoms. The zero-order valence-corrected chi connectivity index (χ0v) is 13.6. The SMILES string of the molecule is CC(=O)NCCC(=O)OC(C)C(=O)Nc1cccc(Cl)c1Cl. The first-order valence-electron chi connectivity index (χ1n) is 6.50. The molecule has 2 amide bonds. The van der Waals surface area contributed by atoms with Crippen LogP contribution in [0.4, 0.5) is 5.69 Å². The maximum Gasteiger partial charge on any atom is 0.308 e. The zero-order valence-electron chi connectivity index (χ0n) is 12.1. The van der Waals surface area contributed by atoms with E-state index in [1.165, 1.54) is 13.8 Å². The highest BCUT2D eigenvalue weighted by molar-refractivity contribution is 6.44. The number of hydrogen-bond donors (Lipinski definition) is 2. The number of esters is 1. The second kappa shape index (κ2) is 8.60. The number of halogens is 2. The van der Waals surface area contributed by atoms with Crippen molar-refractivity contribution in [3.05, 3.63) is 28.2 Å². The van der Waals surface area contributed by atoms with Gasteiger partial charge in [-0.3, -0.25) is 14.4 Å². The van der Waals surface area contributed by atoms with Gasteiger partial charge in [0.2, 0.25) is 5.91 Å². The third-order valence-electron chi connectivity index (χ3n) is 2.59. The van der Waals surface area contributed by atoms with E-state index in [2.05, 4.69) is 10.6 Å². The van der Waals surface area contributed by atoms with Gasteiger partial charge in [-0.05, 0) is 19.1 Å². The molecule has 0 radical (unpaired) electrons. The Balaban J connectivity index is 2.49. The van der Waals surface area contributed by atoms with Crippen LogP contribution in [0.3, 0.4) is 0 Å². The van der Waals surface area contributed by atoms with Crippen LogP contribution >= 0.6 is 23.2 Å². The minimum atomic E-state index is -1.00. The Morgan fingerprint density at radius 1 is 1.27 bits per heavy atom. The first-order chi connectivity index (χ1) is 10.3. The summed E-state index contributed by atoms with van der Waals surface area (Å²) in [5.74, 6) is -1.36. The molecule has 1 aromatic rings. The number of carbonyl (C=O) groups excluding carboxylic acids is 3. The average molecular weight is 347 g/mol. The highest BCUT2D eigenvalue weighted by atomic mass is 35.5. The number of nitrogens with one attached hydrogen (secondary N) is 2. The Labute approximate surface area is 138 Å². The normalized spacial score (nSPS) is 11.5. The molecule has 2 N–H and O–H groups in total. The van der Waals surface area contributed by atoms with E-state index in [4.69, 9.17) is 27.9 Å². The lowest BCUT2D eigenvalue weighted by Gasteiger charge is -2.14. The third kappa shape index (κ3) is 5.91. The molecular formula is C14H16Cl2N2O4. The summed E-state index contributed by atoms with van der Waals surface area (Å²) in [5.41, 5.74) is 0.334. The molecule has 0 fully saturated rings. The number of amides is 2. The van der Waals surface area contributed by atoms with Crippen molar-refractivity contribution in [3.8, 4) is 0 Å². The van der Waals surface area contributed by atoms with E-state index in [-0.39, 0.29) is 23.9 Å². The molecule has 8 heteroatoms. The first-order valence-corrected chi connectivity index (χ1v) is 7.25. The van der Waals surface area contributed by atoms with Crippen LogP contribution in [0.1, 0.15) is 20.3 Å². The Morgan fingerprint density at radius 2 is 1.95 bits per heavy atom. The largest absolute Gasteiger partial charge is 0.452 e. The summed E-state index contributed by atoms with van der Waals surface area (Å²) in [7, 11) is 0. The van der Waals surface area contributed by atoms with Crippen LogP contribution in [0.2, 0.25) is 10.0 Å². The van der Waals surface area contributed by atoms with Crippen LogP contribution in [0.25, 0.3) is 0 Å². The van der Waals surface area contributed by atoms with E-state index < -0.39 is 18.0 Å². The number of carbonyl (C=O) groups is 3. The second-order valence-electron chi connectivity index (χ2n) is 4.46. The van der Waals surface area contributed by atoms with Crippen LogP contribution < -0.4 is 10.6 Å². The van der Waals surface area contributed by atoms with Crippen molar-refractivity contribution in [2.75, 3.05) is 11.9 Å². The van der Waals surface area contributed by atoms with Gasteiger partial charge in [-0.1, -0.05) is 29.3 Å². The lowest BCUT2D eigenvalue weighted by Crippen LogP contribution is -2.31. The fraction of sp³-hybridized carbons (Fsp3) is 0.357. The number of hydrogen-bond acceptors (Lipinski definition) is 4. The molecule has 0 saturated heterocycles. The Morgan fingerprint density at radius 3 is 2.59 bits per heavy atom. The third-order valence-corrected chi connectivity index (χ3v) is 3.41. The molecule has 0 saturated carbocycles. The van der Waals surface area contributed by atoms with E-state index in [1.807, 2.05) is 0 Å². The summed E-state index contributed by atoms with van der Waals surface area (Å²) in [5, 5.41) is 5.50. The summed E-state index contributed by atoms with van der Waals surface area (Å²) in [6.07, 6.45) is -1.02. The molecule has 0 bridgehead atoms. The van der Waals surface area contributed by atoms with Gasteiger partial charge in [0.1, 0.15) is 0 Å². The van der Waals surface area contributed by atoms with Crippen LogP contribution in [-0.4, -0.2) is 30.4 Å². The quantitative estimate of drug-likeness (QED) is 0.774. The first kappa shape index (κ1) is 18.3. The van der Waals surface area contributed by atoms with E-state index in [9.17, 15) is 14.4 Å². The average Bonchev–Trinajstić information content (AvgIpc) is 2.43. The summed E-state index contributed by atoms with van der Waals surface area (Å²) >= 11 is 11.8. The Bertz CT molecular complexity index is 578. The maximum absolute atomic E-state index is 11.9. The van der Waals surface area contributed by atoms with E-state index in [0.29, 0.717) is 10.7 Å². The molecule has 0 aromatic heterocycles. The summed E-state index contributed by atoms with van der Waals surface area (Å²) in [4.78, 5) is 34.1. The second-order valence-corrected chi connectivity index (χ2v) is 5.24. The number of rotatable bonds is 6. The van der Waals surface area contributed by atoms with Gasteiger partial charge in [-0.2, -0.15) is 0 Å². The van der Waals surface area contributed by atoms with Crippen molar-refractivity contribution in [1.82, 2.24) is 5.32 Å². The van der Waals surface area contributed by atoms with Crippen LogP contribution in [-0.2, 0) is 19.1 Å². The standard InChI is InChI=1S/C14H16Cl2N2O4/c1-8(22-12(20)6-7-17-9(2)19)14(21)18-11-5-3-4-10(15)13(11)16/h3-5,8H,6-7H2,1-2H3,(H,17,19)(H,18,21). The molecule has 1 rings (SSSR count). The zero-order chi connectivity index (χ0) is 16.7. The van der Waals surface area contributed by atoms with Gasteiger partial charge in [0.25, 0.3) is 5.91 Å². The minimum Gasteiger partial charge on any atom is -0.452 e. The Hall–Kier alpha value is -1.79. The van der Waals surface area contributed by atoms with E-state index in [1.54, 1.807) is 18.2 Å².